The minimum Gasteiger partial charge on any atom is -0.389 e. The summed E-state index contributed by atoms with van der Waals surface area (Å²) in [5.74, 6) is 0.297. The quantitative estimate of drug-likeness (QED) is 0.804. The fraction of sp³-hybridized carbons (Fsp3) is 0.625. The molecule has 106 valence electrons. The van der Waals surface area contributed by atoms with Crippen LogP contribution >= 0.6 is 23.2 Å². The molecule has 0 radical (unpaired) electrons. The van der Waals surface area contributed by atoms with Gasteiger partial charge >= 0.3 is 0 Å². The lowest BCUT2D eigenvalue weighted by Crippen LogP contribution is -2.45. The lowest BCUT2D eigenvalue weighted by atomic mass is 9.64. The first-order chi connectivity index (χ1) is 8.72. The molecule has 2 atom stereocenters. The Morgan fingerprint density at radius 2 is 1.89 bits per heavy atom. The molecule has 0 saturated heterocycles. The van der Waals surface area contributed by atoms with Crippen LogP contribution in [-0.2, 0) is 6.42 Å². The monoisotopic (exact) mass is 300 g/mol. The smallest absolute Gasteiger partial charge is 0.0713 e. The number of aliphatic hydroxyl groups is 1. The van der Waals surface area contributed by atoms with Gasteiger partial charge in [-0.25, -0.2) is 0 Å². The van der Waals surface area contributed by atoms with E-state index in [9.17, 15) is 5.11 Å². The van der Waals surface area contributed by atoms with E-state index in [1.165, 1.54) is 0 Å². The summed E-state index contributed by atoms with van der Waals surface area (Å²) in [5.41, 5.74) is 0.777. The average molecular weight is 301 g/mol. The zero-order valence-electron chi connectivity index (χ0n) is 11.8. The Hall–Kier alpha value is -0.240. The second-order valence-corrected chi connectivity index (χ2v) is 7.61. The Labute approximate surface area is 125 Å². The van der Waals surface area contributed by atoms with Gasteiger partial charge in [0.15, 0.2) is 0 Å². The summed E-state index contributed by atoms with van der Waals surface area (Å²) in [5, 5.41) is 12.0. The van der Waals surface area contributed by atoms with Crippen LogP contribution in [0, 0.1) is 11.3 Å². The van der Waals surface area contributed by atoms with Crippen molar-refractivity contribution in [3.8, 4) is 0 Å². The molecular weight excluding hydrogens is 279 g/mol. The fourth-order valence-electron chi connectivity index (χ4n) is 3.19. The molecule has 1 N–H and O–H groups in total. The molecule has 1 aromatic carbocycles. The van der Waals surface area contributed by atoms with Crippen LogP contribution in [0.3, 0.4) is 0 Å². The molecule has 19 heavy (non-hydrogen) atoms. The number of benzene rings is 1. The molecule has 0 bridgehead atoms. The second kappa shape index (κ2) is 5.27. The van der Waals surface area contributed by atoms with E-state index in [4.69, 9.17) is 23.2 Å². The number of hydrogen-bond donors (Lipinski definition) is 1. The van der Waals surface area contributed by atoms with Gasteiger partial charge in [0.05, 0.1) is 15.6 Å². The molecule has 0 spiro atoms. The van der Waals surface area contributed by atoms with Crippen molar-refractivity contribution in [2.45, 2.75) is 52.1 Å². The van der Waals surface area contributed by atoms with Gasteiger partial charge in [-0.2, -0.15) is 0 Å². The van der Waals surface area contributed by atoms with Gasteiger partial charge < -0.3 is 5.11 Å². The van der Waals surface area contributed by atoms with Crippen LogP contribution in [0.5, 0.6) is 0 Å². The van der Waals surface area contributed by atoms with Crippen LogP contribution < -0.4 is 0 Å². The van der Waals surface area contributed by atoms with Crippen molar-refractivity contribution >= 4 is 23.2 Å². The SMILES string of the molecule is CC1CC(C)(C)CCC1(O)Cc1ccc(Cl)c(Cl)c1. The molecule has 0 amide bonds. The topological polar surface area (TPSA) is 20.2 Å². The molecule has 1 aromatic rings. The van der Waals surface area contributed by atoms with Crippen LogP contribution in [0.15, 0.2) is 18.2 Å². The summed E-state index contributed by atoms with van der Waals surface area (Å²) < 4.78 is 0. The highest BCUT2D eigenvalue weighted by atomic mass is 35.5. The maximum absolute atomic E-state index is 10.9. The molecule has 1 aliphatic rings. The Morgan fingerprint density at radius 3 is 2.47 bits per heavy atom. The zero-order chi connectivity index (χ0) is 14.3. The van der Waals surface area contributed by atoms with Crippen molar-refractivity contribution < 1.29 is 5.11 Å². The summed E-state index contributed by atoms with van der Waals surface area (Å²) in [6.45, 7) is 6.71. The van der Waals surface area contributed by atoms with Gasteiger partial charge in [-0.1, -0.05) is 50.0 Å². The first-order valence-electron chi connectivity index (χ1n) is 6.88. The fourth-order valence-corrected chi connectivity index (χ4v) is 3.51. The van der Waals surface area contributed by atoms with Gasteiger partial charge in [-0.3, -0.25) is 0 Å². The molecular formula is C16H22Cl2O. The number of halogens is 2. The van der Waals surface area contributed by atoms with E-state index in [-0.39, 0.29) is 0 Å². The molecule has 3 heteroatoms. The largest absolute Gasteiger partial charge is 0.389 e. The van der Waals surface area contributed by atoms with E-state index in [2.05, 4.69) is 20.8 Å². The summed E-state index contributed by atoms with van der Waals surface area (Å²) in [7, 11) is 0. The summed E-state index contributed by atoms with van der Waals surface area (Å²) in [6, 6.07) is 5.63. The molecule has 1 nitrogen and oxygen atoms in total. The Morgan fingerprint density at radius 1 is 1.21 bits per heavy atom. The highest BCUT2D eigenvalue weighted by Crippen LogP contribution is 2.45. The van der Waals surface area contributed by atoms with E-state index in [1.807, 2.05) is 12.1 Å². The highest BCUT2D eigenvalue weighted by Gasteiger charge is 2.42. The van der Waals surface area contributed by atoms with Crippen LogP contribution in [0.1, 0.15) is 45.6 Å². The average Bonchev–Trinajstić information content (AvgIpc) is 2.30. The Bertz CT molecular complexity index is 470. The highest BCUT2D eigenvalue weighted by molar-refractivity contribution is 6.42. The number of rotatable bonds is 2. The minimum absolute atomic E-state index is 0.297. The first-order valence-corrected chi connectivity index (χ1v) is 7.64. The van der Waals surface area contributed by atoms with Crippen LogP contribution in [0.25, 0.3) is 0 Å². The van der Waals surface area contributed by atoms with Gasteiger partial charge in [0.1, 0.15) is 0 Å². The van der Waals surface area contributed by atoms with Crippen molar-refractivity contribution in [2.24, 2.45) is 11.3 Å². The molecule has 2 unspecified atom stereocenters. The zero-order valence-corrected chi connectivity index (χ0v) is 13.4. The lowest BCUT2D eigenvalue weighted by molar-refractivity contribution is -0.0704. The Kier molecular flexibility index (Phi) is 4.21. The predicted octanol–water partition coefficient (Wildman–Crippen LogP) is 5.11. The molecule has 0 heterocycles. The second-order valence-electron chi connectivity index (χ2n) is 6.80. The van der Waals surface area contributed by atoms with Crippen molar-refractivity contribution in [2.75, 3.05) is 0 Å². The van der Waals surface area contributed by atoms with Gasteiger partial charge in [-0.15, -0.1) is 0 Å². The third-order valence-corrected chi connectivity index (χ3v) is 5.24. The maximum Gasteiger partial charge on any atom is 0.0713 e. The van der Waals surface area contributed by atoms with E-state index >= 15 is 0 Å². The van der Waals surface area contributed by atoms with E-state index in [0.29, 0.717) is 27.8 Å². The lowest BCUT2D eigenvalue weighted by Gasteiger charge is -2.45. The van der Waals surface area contributed by atoms with Crippen molar-refractivity contribution in [3.63, 3.8) is 0 Å². The standard InChI is InChI=1S/C16H22Cl2O/c1-11-9-15(2,3)6-7-16(11,19)10-12-4-5-13(17)14(18)8-12/h4-5,8,11,19H,6-7,9-10H2,1-3H3. The molecule has 0 aliphatic heterocycles. The molecule has 1 fully saturated rings. The summed E-state index contributed by atoms with van der Waals surface area (Å²) >= 11 is 12.0. The maximum atomic E-state index is 10.9. The van der Waals surface area contributed by atoms with Crippen LogP contribution in [0.2, 0.25) is 10.0 Å². The van der Waals surface area contributed by atoms with Crippen molar-refractivity contribution in [1.29, 1.82) is 0 Å². The predicted molar refractivity (Wildman–Crippen MR) is 81.9 cm³/mol. The molecule has 2 rings (SSSR count). The molecule has 0 aromatic heterocycles. The summed E-state index contributed by atoms with van der Waals surface area (Å²) in [6.07, 6.45) is 3.63. The third-order valence-electron chi connectivity index (χ3n) is 4.51. The number of hydrogen-bond acceptors (Lipinski definition) is 1. The van der Waals surface area contributed by atoms with Crippen LogP contribution in [0.4, 0.5) is 0 Å². The minimum atomic E-state index is -0.618. The van der Waals surface area contributed by atoms with Crippen molar-refractivity contribution in [3.05, 3.63) is 33.8 Å². The van der Waals surface area contributed by atoms with Gasteiger partial charge in [0.2, 0.25) is 0 Å². The van der Waals surface area contributed by atoms with Crippen LogP contribution in [-0.4, -0.2) is 10.7 Å². The van der Waals surface area contributed by atoms with E-state index in [0.717, 1.165) is 24.8 Å². The van der Waals surface area contributed by atoms with Gasteiger partial charge in [-0.05, 0) is 48.3 Å². The van der Waals surface area contributed by atoms with Gasteiger partial charge in [0, 0.05) is 6.42 Å². The normalized spacial score (nSPS) is 30.3. The molecule has 1 aliphatic carbocycles. The Balaban J connectivity index is 2.15. The molecule has 1 saturated carbocycles. The van der Waals surface area contributed by atoms with E-state index < -0.39 is 5.60 Å². The van der Waals surface area contributed by atoms with Gasteiger partial charge in [0.25, 0.3) is 0 Å². The first kappa shape index (κ1) is 15.2. The third kappa shape index (κ3) is 3.45. The summed E-state index contributed by atoms with van der Waals surface area (Å²) in [4.78, 5) is 0. The van der Waals surface area contributed by atoms with E-state index in [1.54, 1.807) is 6.07 Å². The van der Waals surface area contributed by atoms with Crippen molar-refractivity contribution in [1.82, 2.24) is 0 Å².